The molecule has 53 heavy (non-hydrogen) atoms. The van der Waals surface area contributed by atoms with E-state index < -0.39 is 5.41 Å². The predicted molar refractivity (Wildman–Crippen MR) is 221 cm³/mol. The van der Waals surface area contributed by atoms with Crippen LogP contribution in [0.15, 0.2) is 200 Å². The first-order valence-electron chi connectivity index (χ1n) is 18.6. The molecular formula is C52H39N. The monoisotopic (exact) mass is 677 g/mol. The maximum Gasteiger partial charge on any atom is 0.0714 e. The Morgan fingerprint density at radius 3 is 1.51 bits per heavy atom. The summed E-state index contributed by atoms with van der Waals surface area (Å²) in [5, 5.41) is 0. The van der Waals surface area contributed by atoms with E-state index >= 15 is 0 Å². The molecule has 0 bridgehead atoms. The van der Waals surface area contributed by atoms with Gasteiger partial charge >= 0.3 is 0 Å². The molecule has 0 unspecified atom stereocenters. The fourth-order valence-corrected chi connectivity index (χ4v) is 9.39. The van der Waals surface area contributed by atoms with Gasteiger partial charge in [0.25, 0.3) is 0 Å². The van der Waals surface area contributed by atoms with Crippen molar-refractivity contribution in [2.24, 2.45) is 0 Å². The third-order valence-electron chi connectivity index (χ3n) is 11.7. The van der Waals surface area contributed by atoms with Gasteiger partial charge in [0.05, 0.1) is 5.41 Å². The molecule has 1 nitrogen and oxygen atoms in total. The molecule has 0 aliphatic heterocycles. The molecule has 2 aliphatic carbocycles. The van der Waals surface area contributed by atoms with Crippen molar-refractivity contribution in [3.05, 3.63) is 234 Å². The predicted octanol–water partition coefficient (Wildman–Crippen LogP) is 13.5. The van der Waals surface area contributed by atoms with Crippen molar-refractivity contribution in [2.75, 3.05) is 4.90 Å². The molecule has 0 atom stereocenters. The van der Waals surface area contributed by atoms with E-state index in [1.165, 1.54) is 66.8 Å². The van der Waals surface area contributed by atoms with Crippen LogP contribution in [0.5, 0.6) is 0 Å². The van der Waals surface area contributed by atoms with Gasteiger partial charge in [-0.3, -0.25) is 0 Å². The Balaban J connectivity index is 1.25. The summed E-state index contributed by atoms with van der Waals surface area (Å²) in [6.07, 6.45) is 0. The third kappa shape index (κ3) is 4.64. The zero-order chi connectivity index (χ0) is 35.6. The van der Waals surface area contributed by atoms with Crippen molar-refractivity contribution in [1.29, 1.82) is 0 Å². The van der Waals surface area contributed by atoms with Crippen molar-refractivity contribution < 1.29 is 0 Å². The van der Waals surface area contributed by atoms with Crippen LogP contribution in [0, 0.1) is 0 Å². The largest absolute Gasteiger partial charge is 0.310 e. The summed E-state index contributed by atoms with van der Waals surface area (Å²) in [5.74, 6) is 0. The second-order valence-corrected chi connectivity index (χ2v) is 14.9. The third-order valence-corrected chi connectivity index (χ3v) is 11.7. The number of fused-ring (bicyclic) bond motifs is 6. The Hall–Kier alpha value is -6.44. The Morgan fingerprint density at radius 2 is 0.849 bits per heavy atom. The molecule has 0 radical (unpaired) electrons. The van der Waals surface area contributed by atoms with Gasteiger partial charge in [-0.15, -0.1) is 0 Å². The highest BCUT2D eigenvalue weighted by molar-refractivity contribution is 5.96. The number of hydrogen-bond acceptors (Lipinski definition) is 1. The van der Waals surface area contributed by atoms with Gasteiger partial charge in [-0.1, -0.05) is 178 Å². The van der Waals surface area contributed by atoms with E-state index in [0.29, 0.717) is 0 Å². The molecule has 0 saturated heterocycles. The maximum atomic E-state index is 2.46. The molecule has 0 aromatic heterocycles. The van der Waals surface area contributed by atoms with Gasteiger partial charge in [0.2, 0.25) is 0 Å². The second kappa shape index (κ2) is 12.1. The van der Waals surface area contributed by atoms with E-state index in [9.17, 15) is 0 Å². The summed E-state index contributed by atoms with van der Waals surface area (Å²) >= 11 is 0. The number of anilines is 3. The summed E-state index contributed by atoms with van der Waals surface area (Å²) < 4.78 is 0. The van der Waals surface area contributed by atoms with Gasteiger partial charge in [-0.25, -0.2) is 0 Å². The molecule has 252 valence electrons. The fourth-order valence-electron chi connectivity index (χ4n) is 9.39. The smallest absolute Gasteiger partial charge is 0.0714 e. The molecular weight excluding hydrogens is 639 g/mol. The van der Waals surface area contributed by atoms with Gasteiger partial charge < -0.3 is 4.90 Å². The molecule has 0 N–H and O–H groups in total. The molecule has 0 amide bonds. The lowest BCUT2D eigenvalue weighted by Crippen LogP contribution is -2.28. The molecule has 0 fully saturated rings. The highest BCUT2D eigenvalue weighted by Gasteiger charge is 2.46. The minimum atomic E-state index is -0.483. The Kier molecular flexibility index (Phi) is 7.13. The summed E-state index contributed by atoms with van der Waals surface area (Å²) in [6, 6.07) is 73.9. The van der Waals surface area contributed by atoms with E-state index in [2.05, 4.69) is 219 Å². The van der Waals surface area contributed by atoms with E-state index in [4.69, 9.17) is 0 Å². The van der Waals surface area contributed by atoms with Crippen molar-refractivity contribution in [3.63, 3.8) is 0 Å². The lowest BCUT2D eigenvalue weighted by molar-refractivity contribution is 0.660. The number of benzene rings is 8. The lowest BCUT2D eigenvalue weighted by atomic mass is 9.67. The standard InChI is InChI=1S/C52H39N/c1-51(2)46-30-15-14-29-44(46)50-45(36-19-6-3-7-20-36)34-41(35-49(50)51)53(39-24-10-5-11-25-39)40-26-18-23-38(33-40)52(37-21-8-4-9-22-37)47-31-16-12-27-42(47)43-28-13-17-32-48(43)52/h3-35H,1-2H3. The van der Waals surface area contributed by atoms with Gasteiger partial charge in [0.15, 0.2) is 0 Å². The Bertz CT molecular complexity index is 2590. The highest BCUT2D eigenvalue weighted by atomic mass is 15.1. The molecule has 0 spiro atoms. The summed E-state index contributed by atoms with van der Waals surface area (Å²) in [4.78, 5) is 2.46. The minimum Gasteiger partial charge on any atom is -0.310 e. The quantitative estimate of drug-likeness (QED) is 0.169. The van der Waals surface area contributed by atoms with Crippen LogP contribution in [0.1, 0.15) is 47.2 Å². The van der Waals surface area contributed by atoms with Gasteiger partial charge in [0, 0.05) is 22.5 Å². The zero-order valence-electron chi connectivity index (χ0n) is 30.0. The highest BCUT2D eigenvalue weighted by Crippen LogP contribution is 2.58. The molecule has 0 saturated carbocycles. The number of nitrogens with zero attached hydrogens (tertiary/aromatic N) is 1. The van der Waals surface area contributed by atoms with E-state index in [-0.39, 0.29) is 5.41 Å². The molecule has 0 heterocycles. The van der Waals surface area contributed by atoms with Crippen LogP contribution in [0.25, 0.3) is 33.4 Å². The van der Waals surface area contributed by atoms with Crippen molar-refractivity contribution >= 4 is 17.1 Å². The van der Waals surface area contributed by atoms with Gasteiger partial charge in [-0.05, 0) is 103 Å². The van der Waals surface area contributed by atoms with Crippen LogP contribution >= 0.6 is 0 Å². The first-order valence-corrected chi connectivity index (χ1v) is 18.6. The summed E-state index contributed by atoms with van der Waals surface area (Å²) in [6.45, 7) is 4.75. The van der Waals surface area contributed by atoms with Crippen molar-refractivity contribution in [2.45, 2.75) is 24.7 Å². The summed E-state index contributed by atoms with van der Waals surface area (Å²) in [5.41, 5.74) is 18.4. The van der Waals surface area contributed by atoms with E-state index in [1.807, 2.05) is 0 Å². The average molecular weight is 678 g/mol. The van der Waals surface area contributed by atoms with Crippen LogP contribution in [0.2, 0.25) is 0 Å². The zero-order valence-corrected chi connectivity index (χ0v) is 30.0. The average Bonchev–Trinajstić information content (AvgIpc) is 3.65. The first-order chi connectivity index (χ1) is 26.1. The summed E-state index contributed by atoms with van der Waals surface area (Å²) in [7, 11) is 0. The molecule has 1 heteroatoms. The maximum absolute atomic E-state index is 2.46. The SMILES string of the molecule is CC1(C)c2ccccc2-c2c(-c3ccccc3)cc(N(c3ccccc3)c3cccc(C4(c5ccccc5)c5ccccc5-c5ccccc54)c3)cc21. The Morgan fingerprint density at radius 1 is 0.340 bits per heavy atom. The number of para-hydroxylation sites is 1. The van der Waals surface area contributed by atoms with E-state index in [0.717, 1.165) is 17.1 Å². The normalized spacial score (nSPS) is 14.2. The van der Waals surface area contributed by atoms with Crippen molar-refractivity contribution in [1.82, 2.24) is 0 Å². The van der Waals surface area contributed by atoms with Crippen LogP contribution < -0.4 is 4.90 Å². The molecule has 10 rings (SSSR count). The molecule has 2 aliphatic rings. The van der Waals surface area contributed by atoms with Gasteiger partial charge in [0.1, 0.15) is 0 Å². The van der Waals surface area contributed by atoms with Gasteiger partial charge in [-0.2, -0.15) is 0 Å². The second-order valence-electron chi connectivity index (χ2n) is 14.9. The fraction of sp³-hybridized carbons (Fsp3) is 0.0769. The molecule has 8 aromatic carbocycles. The topological polar surface area (TPSA) is 3.24 Å². The molecule has 8 aromatic rings. The lowest BCUT2D eigenvalue weighted by Gasteiger charge is -2.35. The van der Waals surface area contributed by atoms with Crippen molar-refractivity contribution in [3.8, 4) is 33.4 Å². The minimum absolute atomic E-state index is 0.162. The number of rotatable bonds is 6. The van der Waals surface area contributed by atoms with Crippen LogP contribution in [-0.4, -0.2) is 0 Å². The van der Waals surface area contributed by atoms with Crippen LogP contribution in [-0.2, 0) is 10.8 Å². The first kappa shape index (κ1) is 31.3. The van der Waals surface area contributed by atoms with Crippen LogP contribution in [0.3, 0.4) is 0 Å². The van der Waals surface area contributed by atoms with Crippen LogP contribution in [0.4, 0.5) is 17.1 Å². The van der Waals surface area contributed by atoms with E-state index in [1.54, 1.807) is 0 Å². The number of hydrogen-bond donors (Lipinski definition) is 0. The Labute approximate surface area is 312 Å².